The highest BCUT2D eigenvalue weighted by Crippen LogP contribution is 2.20. The van der Waals surface area contributed by atoms with E-state index in [0.29, 0.717) is 17.0 Å². The van der Waals surface area contributed by atoms with Crippen molar-refractivity contribution in [3.63, 3.8) is 0 Å². The molecule has 0 saturated carbocycles. The van der Waals surface area contributed by atoms with Gasteiger partial charge in [0, 0.05) is 18.2 Å². The lowest BCUT2D eigenvalue weighted by Gasteiger charge is -2.11. The number of benzene rings is 2. The van der Waals surface area contributed by atoms with E-state index in [1.54, 1.807) is 25.3 Å². The van der Waals surface area contributed by atoms with Gasteiger partial charge >= 0.3 is 5.97 Å². The highest BCUT2D eigenvalue weighted by Gasteiger charge is 2.12. The Morgan fingerprint density at radius 2 is 1.87 bits per heavy atom. The lowest BCUT2D eigenvalue weighted by atomic mass is 10.1. The van der Waals surface area contributed by atoms with Crippen LogP contribution in [0.15, 0.2) is 42.5 Å². The normalized spacial score (nSPS) is 10.0. The zero-order valence-corrected chi connectivity index (χ0v) is 13.4. The Kier molecular flexibility index (Phi) is 5.36. The quantitative estimate of drug-likeness (QED) is 0.860. The van der Waals surface area contributed by atoms with Crippen molar-refractivity contribution in [2.24, 2.45) is 0 Å². The number of para-hydroxylation sites is 1. The number of hydrogen-bond acceptors (Lipinski definition) is 4. The van der Waals surface area contributed by atoms with Crippen molar-refractivity contribution in [3.8, 4) is 5.75 Å². The van der Waals surface area contributed by atoms with Crippen molar-refractivity contribution in [1.82, 2.24) is 0 Å². The number of esters is 1. The van der Waals surface area contributed by atoms with Gasteiger partial charge in [-0.05, 0) is 30.7 Å². The van der Waals surface area contributed by atoms with Gasteiger partial charge in [-0.25, -0.2) is 4.79 Å². The molecule has 2 aromatic carbocycles. The largest absolute Gasteiger partial charge is 0.496 e. The third kappa shape index (κ3) is 4.32. The predicted molar refractivity (Wildman–Crippen MR) is 87.6 cm³/mol. The van der Waals surface area contributed by atoms with Crippen LogP contribution >= 0.6 is 0 Å². The fourth-order valence-corrected chi connectivity index (χ4v) is 2.12. The predicted octanol–water partition coefficient (Wildman–Crippen LogP) is 3.32. The minimum atomic E-state index is -0.456. The summed E-state index contributed by atoms with van der Waals surface area (Å²) in [5, 5.41) is 2.69. The van der Waals surface area contributed by atoms with Gasteiger partial charge in [0.05, 0.1) is 12.7 Å². The van der Waals surface area contributed by atoms with Crippen LogP contribution in [-0.4, -0.2) is 19.0 Å². The number of nitrogens with one attached hydrogen (secondary N) is 1. The standard InChI is InChI=1S/C18H19NO4/c1-12-8-9-14(10-16(12)19-13(2)20)18(21)23-11-15-6-4-5-7-17(15)22-3/h4-10H,11H2,1-3H3,(H,19,20). The maximum Gasteiger partial charge on any atom is 0.338 e. The number of carbonyl (C=O) groups is 2. The highest BCUT2D eigenvalue weighted by molar-refractivity contribution is 5.94. The zero-order chi connectivity index (χ0) is 16.8. The summed E-state index contributed by atoms with van der Waals surface area (Å²) in [7, 11) is 1.57. The first-order valence-electron chi connectivity index (χ1n) is 7.18. The second-order valence-corrected chi connectivity index (χ2v) is 5.10. The first kappa shape index (κ1) is 16.5. The molecule has 0 heterocycles. The number of carbonyl (C=O) groups excluding carboxylic acids is 2. The molecular formula is C18H19NO4. The molecule has 0 saturated heterocycles. The Balaban J connectivity index is 2.10. The molecule has 120 valence electrons. The van der Waals surface area contributed by atoms with Crippen molar-refractivity contribution in [1.29, 1.82) is 0 Å². The van der Waals surface area contributed by atoms with Crippen molar-refractivity contribution in [2.75, 3.05) is 12.4 Å². The topological polar surface area (TPSA) is 64.6 Å². The number of anilines is 1. The smallest absolute Gasteiger partial charge is 0.338 e. The van der Waals surface area contributed by atoms with E-state index in [1.165, 1.54) is 6.92 Å². The summed E-state index contributed by atoms with van der Waals surface area (Å²) in [6.45, 7) is 3.40. The van der Waals surface area contributed by atoms with E-state index >= 15 is 0 Å². The van der Waals surface area contributed by atoms with Crippen LogP contribution in [0.3, 0.4) is 0 Å². The number of ether oxygens (including phenoxy) is 2. The molecule has 0 aromatic heterocycles. The first-order valence-corrected chi connectivity index (χ1v) is 7.18. The molecule has 1 amide bonds. The summed E-state index contributed by atoms with van der Waals surface area (Å²) < 4.78 is 10.5. The maximum absolute atomic E-state index is 12.2. The molecule has 0 aliphatic heterocycles. The van der Waals surface area contributed by atoms with E-state index in [-0.39, 0.29) is 12.5 Å². The molecule has 0 unspecified atom stereocenters. The van der Waals surface area contributed by atoms with E-state index in [4.69, 9.17) is 9.47 Å². The number of hydrogen-bond donors (Lipinski definition) is 1. The molecule has 23 heavy (non-hydrogen) atoms. The zero-order valence-electron chi connectivity index (χ0n) is 13.4. The van der Waals surface area contributed by atoms with Gasteiger partial charge in [-0.1, -0.05) is 24.3 Å². The summed E-state index contributed by atoms with van der Waals surface area (Å²) in [5.74, 6) is 0.0262. The lowest BCUT2D eigenvalue weighted by molar-refractivity contribution is -0.114. The summed E-state index contributed by atoms with van der Waals surface area (Å²) in [6.07, 6.45) is 0. The van der Waals surface area contributed by atoms with Gasteiger partial charge in [0.25, 0.3) is 0 Å². The monoisotopic (exact) mass is 313 g/mol. The summed E-state index contributed by atoms with van der Waals surface area (Å²) in [6, 6.07) is 12.4. The van der Waals surface area contributed by atoms with Crippen molar-refractivity contribution in [2.45, 2.75) is 20.5 Å². The molecule has 2 aromatic rings. The molecule has 0 bridgehead atoms. The van der Waals surface area contributed by atoms with Gasteiger partial charge < -0.3 is 14.8 Å². The minimum absolute atomic E-state index is 0.117. The average Bonchev–Trinajstić information content (AvgIpc) is 2.54. The van der Waals surface area contributed by atoms with Gasteiger partial charge in [-0.15, -0.1) is 0 Å². The van der Waals surface area contributed by atoms with E-state index in [9.17, 15) is 9.59 Å². The maximum atomic E-state index is 12.2. The van der Waals surface area contributed by atoms with E-state index in [2.05, 4.69) is 5.32 Å². The second-order valence-electron chi connectivity index (χ2n) is 5.10. The molecule has 5 nitrogen and oxygen atoms in total. The van der Waals surface area contributed by atoms with Crippen molar-refractivity contribution < 1.29 is 19.1 Å². The lowest BCUT2D eigenvalue weighted by Crippen LogP contribution is -2.10. The molecule has 0 fully saturated rings. The number of rotatable bonds is 5. The van der Waals surface area contributed by atoms with Crippen LogP contribution in [0.1, 0.15) is 28.4 Å². The van der Waals surface area contributed by atoms with E-state index < -0.39 is 5.97 Å². The number of amides is 1. The van der Waals surface area contributed by atoms with Crippen LogP contribution in [0.4, 0.5) is 5.69 Å². The van der Waals surface area contributed by atoms with Gasteiger partial charge in [0.2, 0.25) is 5.91 Å². The molecule has 0 spiro atoms. The Morgan fingerprint density at radius 1 is 1.13 bits per heavy atom. The third-order valence-electron chi connectivity index (χ3n) is 3.34. The highest BCUT2D eigenvalue weighted by atomic mass is 16.5. The summed E-state index contributed by atoms with van der Waals surface area (Å²) in [4.78, 5) is 23.4. The summed E-state index contributed by atoms with van der Waals surface area (Å²) >= 11 is 0. The van der Waals surface area contributed by atoms with Crippen molar-refractivity contribution >= 4 is 17.6 Å². The van der Waals surface area contributed by atoms with Gasteiger partial charge in [-0.2, -0.15) is 0 Å². The Bertz CT molecular complexity index is 725. The van der Waals surface area contributed by atoms with Crippen LogP contribution in [0.5, 0.6) is 5.75 Å². The molecule has 5 heteroatoms. The SMILES string of the molecule is COc1ccccc1COC(=O)c1ccc(C)c(NC(C)=O)c1. The molecule has 0 radical (unpaired) electrons. The molecule has 0 atom stereocenters. The Morgan fingerprint density at radius 3 is 2.57 bits per heavy atom. The first-order chi connectivity index (χ1) is 11.0. The fraction of sp³-hybridized carbons (Fsp3) is 0.222. The Hall–Kier alpha value is -2.82. The number of methoxy groups -OCH3 is 1. The minimum Gasteiger partial charge on any atom is -0.496 e. The van der Waals surface area contributed by atoms with Gasteiger partial charge in [0.1, 0.15) is 12.4 Å². The molecule has 0 aliphatic rings. The van der Waals surface area contributed by atoms with Crippen LogP contribution in [-0.2, 0) is 16.1 Å². The van der Waals surface area contributed by atoms with Gasteiger partial charge in [0.15, 0.2) is 0 Å². The van der Waals surface area contributed by atoms with Gasteiger partial charge in [-0.3, -0.25) is 4.79 Å². The number of aryl methyl sites for hydroxylation is 1. The molecule has 0 aliphatic carbocycles. The molecular weight excluding hydrogens is 294 g/mol. The van der Waals surface area contributed by atoms with E-state index in [1.807, 2.05) is 31.2 Å². The van der Waals surface area contributed by atoms with Crippen LogP contribution in [0, 0.1) is 6.92 Å². The molecule has 1 N–H and O–H groups in total. The summed E-state index contributed by atoms with van der Waals surface area (Å²) in [5.41, 5.74) is 2.65. The molecule has 2 rings (SSSR count). The van der Waals surface area contributed by atoms with Crippen molar-refractivity contribution in [3.05, 3.63) is 59.2 Å². The fourth-order valence-electron chi connectivity index (χ4n) is 2.12. The Labute approximate surface area is 135 Å². The van der Waals surface area contributed by atoms with Crippen LogP contribution < -0.4 is 10.1 Å². The average molecular weight is 313 g/mol. The third-order valence-corrected chi connectivity index (χ3v) is 3.34. The van der Waals surface area contributed by atoms with Crippen LogP contribution in [0.25, 0.3) is 0 Å². The van der Waals surface area contributed by atoms with E-state index in [0.717, 1.165) is 11.1 Å². The van der Waals surface area contributed by atoms with Crippen LogP contribution in [0.2, 0.25) is 0 Å². The second kappa shape index (κ2) is 7.45.